The minimum Gasteiger partial charge on any atom is -0.497 e. The van der Waals surface area contributed by atoms with Gasteiger partial charge in [-0.1, -0.05) is 11.6 Å². The molecule has 9 heteroatoms. The van der Waals surface area contributed by atoms with E-state index in [2.05, 4.69) is 5.32 Å². The predicted octanol–water partition coefficient (Wildman–Crippen LogP) is 3.81. The Kier molecular flexibility index (Phi) is 6.36. The molecule has 0 atom stereocenters. The van der Waals surface area contributed by atoms with Gasteiger partial charge in [-0.15, -0.1) is 0 Å². The molecule has 0 saturated carbocycles. The molecule has 0 aromatic heterocycles. The Morgan fingerprint density at radius 1 is 1.26 bits per heavy atom. The summed E-state index contributed by atoms with van der Waals surface area (Å²) in [5.41, 5.74) is 0.0656. The van der Waals surface area contributed by atoms with Crippen molar-refractivity contribution in [2.45, 2.75) is 0 Å². The average Bonchev–Trinajstić information content (AvgIpc) is 2.67. The van der Waals surface area contributed by atoms with Gasteiger partial charge in [0.2, 0.25) is 0 Å². The van der Waals surface area contributed by atoms with Gasteiger partial charge < -0.3 is 14.8 Å². The van der Waals surface area contributed by atoms with Gasteiger partial charge in [0.25, 0.3) is 11.6 Å². The maximum absolute atomic E-state index is 12.4. The minimum absolute atomic E-state index is 0.0583. The summed E-state index contributed by atoms with van der Waals surface area (Å²) in [7, 11) is 2.95. The summed E-state index contributed by atoms with van der Waals surface area (Å²) in [5, 5.41) is 22.6. The maximum Gasteiger partial charge on any atom is 0.289 e. The summed E-state index contributed by atoms with van der Waals surface area (Å²) >= 11 is 5.74. The summed E-state index contributed by atoms with van der Waals surface area (Å²) in [6.45, 7) is 0. The largest absolute Gasteiger partial charge is 0.497 e. The highest BCUT2D eigenvalue weighted by Crippen LogP contribution is 2.29. The Bertz CT molecular complexity index is 966. The van der Waals surface area contributed by atoms with Crippen molar-refractivity contribution in [3.8, 4) is 17.6 Å². The zero-order valence-electron chi connectivity index (χ0n) is 14.4. The van der Waals surface area contributed by atoms with E-state index in [9.17, 15) is 20.2 Å². The Labute approximate surface area is 159 Å². The van der Waals surface area contributed by atoms with Crippen LogP contribution in [0, 0.1) is 21.4 Å². The molecule has 2 rings (SSSR count). The molecule has 0 heterocycles. The van der Waals surface area contributed by atoms with Gasteiger partial charge in [0.15, 0.2) is 0 Å². The molecule has 0 aliphatic carbocycles. The average molecular weight is 388 g/mol. The highest BCUT2D eigenvalue weighted by molar-refractivity contribution is 6.32. The summed E-state index contributed by atoms with van der Waals surface area (Å²) < 4.78 is 10.3. The second kappa shape index (κ2) is 8.69. The first-order valence-electron chi connectivity index (χ1n) is 7.48. The number of nitrogens with zero attached hydrogens (tertiary/aromatic N) is 2. The zero-order chi connectivity index (χ0) is 20.0. The SMILES string of the molecule is COc1ccc(/C=C(\C#N)C(=O)Nc2ccc(Cl)c([N+](=O)[O-])c2)c(OC)c1. The highest BCUT2D eigenvalue weighted by atomic mass is 35.5. The number of benzene rings is 2. The zero-order valence-corrected chi connectivity index (χ0v) is 15.1. The number of carbonyl (C=O) groups is 1. The lowest BCUT2D eigenvalue weighted by molar-refractivity contribution is -0.384. The van der Waals surface area contributed by atoms with Crippen LogP contribution in [0.1, 0.15) is 5.56 Å². The van der Waals surface area contributed by atoms with Crippen LogP contribution in [0.3, 0.4) is 0 Å². The fourth-order valence-corrected chi connectivity index (χ4v) is 2.36. The smallest absolute Gasteiger partial charge is 0.289 e. The third-order valence-corrected chi connectivity index (χ3v) is 3.83. The van der Waals surface area contributed by atoms with E-state index in [1.165, 1.54) is 32.4 Å². The molecule has 0 unspecified atom stereocenters. The van der Waals surface area contributed by atoms with Crippen LogP contribution < -0.4 is 14.8 Å². The molecule has 0 bridgehead atoms. The van der Waals surface area contributed by atoms with Crippen LogP contribution in [-0.2, 0) is 4.79 Å². The van der Waals surface area contributed by atoms with Crippen molar-refractivity contribution in [3.63, 3.8) is 0 Å². The lowest BCUT2D eigenvalue weighted by Gasteiger charge is -2.08. The van der Waals surface area contributed by atoms with E-state index in [0.29, 0.717) is 17.1 Å². The summed E-state index contributed by atoms with van der Waals surface area (Å²) in [6, 6.07) is 10.5. The first-order chi connectivity index (χ1) is 12.9. The number of methoxy groups -OCH3 is 2. The lowest BCUT2D eigenvalue weighted by Crippen LogP contribution is -2.13. The number of ether oxygens (including phenoxy) is 2. The van der Waals surface area contributed by atoms with Crippen molar-refractivity contribution in [1.82, 2.24) is 0 Å². The number of nitrogens with one attached hydrogen (secondary N) is 1. The third-order valence-electron chi connectivity index (χ3n) is 3.51. The van der Waals surface area contributed by atoms with Crippen LogP contribution in [0.2, 0.25) is 5.02 Å². The standard InChI is InChI=1S/C18H14ClN3O5/c1-26-14-5-3-11(17(9-14)27-2)7-12(10-20)18(23)21-13-4-6-15(19)16(8-13)22(24)25/h3-9H,1-2H3,(H,21,23)/b12-7+. The van der Waals surface area contributed by atoms with Gasteiger partial charge in [0.05, 0.1) is 19.1 Å². The van der Waals surface area contributed by atoms with Crippen LogP contribution in [0.4, 0.5) is 11.4 Å². The number of halogens is 1. The molecule has 0 aliphatic rings. The van der Waals surface area contributed by atoms with Crippen LogP contribution in [0.5, 0.6) is 11.5 Å². The number of anilines is 1. The van der Waals surface area contributed by atoms with Crippen molar-refractivity contribution in [2.75, 3.05) is 19.5 Å². The number of nitro groups is 1. The van der Waals surface area contributed by atoms with Crippen LogP contribution in [0.25, 0.3) is 6.08 Å². The molecule has 8 nitrogen and oxygen atoms in total. The van der Waals surface area contributed by atoms with Gasteiger partial charge in [0, 0.05) is 23.4 Å². The third kappa shape index (κ3) is 4.74. The molecule has 0 fully saturated rings. The normalized spacial score (nSPS) is 10.7. The molecule has 1 amide bonds. The second-order valence-corrected chi connectivity index (χ2v) is 5.56. The Morgan fingerprint density at radius 2 is 2.00 bits per heavy atom. The van der Waals surface area contributed by atoms with Gasteiger partial charge in [-0.25, -0.2) is 0 Å². The highest BCUT2D eigenvalue weighted by Gasteiger charge is 2.16. The van der Waals surface area contributed by atoms with Crippen molar-refractivity contribution in [3.05, 3.63) is 62.7 Å². The molecular formula is C18H14ClN3O5. The first-order valence-corrected chi connectivity index (χ1v) is 7.86. The molecule has 138 valence electrons. The number of hydrogen-bond donors (Lipinski definition) is 1. The van der Waals surface area contributed by atoms with E-state index in [0.717, 1.165) is 6.07 Å². The van der Waals surface area contributed by atoms with E-state index in [1.807, 2.05) is 0 Å². The van der Waals surface area contributed by atoms with E-state index in [4.69, 9.17) is 21.1 Å². The topological polar surface area (TPSA) is 114 Å². The summed E-state index contributed by atoms with van der Waals surface area (Å²) in [4.78, 5) is 22.6. The van der Waals surface area contributed by atoms with Crippen LogP contribution in [-0.4, -0.2) is 25.1 Å². The number of hydrogen-bond acceptors (Lipinski definition) is 6. The van der Waals surface area contributed by atoms with Gasteiger partial charge in [-0.2, -0.15) is 5.26 Å². The molecule has 1 N–H and O–H groups in total. The van der Waals surface area contributed by atoms with Gasteiger partial charge >= 0.3 is 0 Å². The number of carbonyl (C=O) groups excluding carboxylic acids is 1. The number of amides is 1. The predicted molar refractivity (Wildman–Crippen MR) is 99.9 cm³/mol. The van der Waals surface area contributed by atoms with E-state index in [1.54, 1.807) is 24.3 Å². The quantitative estimate of drug-likeness (QED) is 0.349. The fourth-order valence-electron chi connectivity index (χ4n) is 2.17. The molecule has 0 radical (unpaired) electrons. The fraction of sp³-hybridized carbons (Fsp3) is 0.111. The van der Waals surface area contributed by atoms with Gasteiger partial charge in [-0.05, 0) is 30.3 Å². The summed E-state index contributed by atoms with van der Waals surface area (Å²) in [5.74, 6) is 0.240. The van der Waals surface area contributed by atoms with E-state index < -0.39 is 10.8 Å². The molecule has 0 saturated heterocycles. The Morgan fingerprint density at radius 3 is 2.59 bits per heavy atom. The molecule has 27 heavy (non-hydrogen) atoms. The number of nitriles is 1. The Balaban J connectivity index is 2.32. The molecule has 2 aromatic carbocycles. The van der Waals surface area contributed by atoms with Gasteiger partial charge in [0.1, 0.15) is 28.2 Å². The Hall–Kier alpha value is -3.57. The molecular weight excluding hydrogens is 374 g/mol. The lowest BCUT2D eigenvalue weighted by atomic mass is 10.1. The van der Waals surface area contributed by atoms with Crippen LogP contribution >= 0.6 is 11.6 Å². The van der Waals surface area contributed by atoms with Gasteiger partial charge in [-0.3, -0.25) is 14.9 Å². The van der Waals surface area contributed by atoms with Crippen molar-refractivity contribution < 1.29 is 19.2 Å². The molecule has 0 spiro atoms. The monoisotopic (exact) mass is 387 g/mol. The van der Waals surface area contributed by atoms with Crippen molar-refractivity contribution >= 4 is 35.0 Å². The van der Waals surface area contributed by atoms with E-state index in [-0.39, 0.29) is 22.0 Å². The van der Waals surface area contributed by atoms with Crippen molar-refractivity contribution in [1.29, 1.82) is 5.26 Å². The maximum atomic E-state index is 12.4. The number of nitro benzene ring substituents is 1. The number of rotatable bonds is 6. The second-order valence-electron chi connectivity index (χ2n) is 5.16. The first kappa shape index (κ1) is 19.8. The summed E-state index contributed by atoms with van der Waals surface area (Å²) in [6.07, 6.45) is 1.35. The van der Waals surface area contributed by atoms with Crippen LogP contribution in [0.15, 0.2) is 42.0 Å². The van der Waals surface area contributed by atoms with Crippen molar-refractivity contribution in [2.24, 2.45) is 0 Å². The van der Waals surface area contributed by atoms with E-state index >= 15 is 0 Å². The molecule has 0 aliphatic heterocycles. The molecule has 2 aromatic rings. The minimum atomic E-state index is -0.730.